The van der Waals surface area contributed by atoms with E-state index in [1.54, 1.807) is 12.1 Å². The van der Waals surface area contributed by atoms with Crippen molar-refractivity contribution in [2.45, 2.75) is 6.61 Å². The van der Waals surface area contributed by atoms with E-state index in [0.29, 0.717) is 16.3 Å². The van der Waals surface area contributed by atoms with E-state index in [9.17, 15) is 4.79 Å². The lowest BCUT2D eigenvalue weighted by Gasteiger charge is -2.06. The summed E-state index contributed by atoms with van der Waals surface area (Å²) in [5.41, 5.74) is 7.03. The SMILES string of the molecule is Nc1cncc(C(=O)OCc2ccccc2Cl)c1. The minimum absolute atomic E-state index is 0.118. The second kappa shape index (κ2) is 5.51. The molecule has 1 aromatic carbocycles. The van der Waals surface area contributed by atoms with E-state index in [1.165, 1.54) is 18.5 Å². The molecule has 0 saturated heterocycles. The molecule has 0 aliphatic rings. The van der Waals surface area contributed by atoms with Crippen LogP contribution in [0.1, 0.15) is 15.9 Å². The lowest BCUT2D eigenvalue weighted by Crippen LogP contribution is -2.06. The molecule has 2 aromatic rings. The number of carbonyl (C=O) groups is 1. The summed E-state index contributed by atoms with van der Waals surface area (Å²) < 4.78 is 5.13. The Hall–Kier alpha value is -2.07. The number of anilines is 1. The van der Waals surface area contributed by atoms with Crippen molar-refractivity contribution in [2.75, 3.05) is 5.73 Å². The third kappa shape index (κ3) is 2.99. The van der Waals surface area contributed by atoms with Crippen molar-refractivity contribution in [1.29, 1.82) is 0 Å². The number of ether oxygens (including phenoxy) is 1. The Labute approximate surface area is 109 Å². The zero-order chi connectivity index (χ0) is 13.0. The number of benzene rings is 1. The van der Waals surface area contributed by atoms with Crippen LogP contribution in [0.25, 0.3) is 0 Å². The number of aromatic nitrogens is 1. The first-order valence-electron chi connectivity index (χ1n) is 5.28. The summed E-state index contributed by atoms with van der Waals surface area (Å²) in [5, 5.41) is 0.566. The van der Waals surface area contributed by atoms with Crippen molar-refractivity contribution < 1.29 is 9.53 Å². The summed E-state index contributed by atoms with van der Waals surface area (Å²) in [5.74, 6) is -0.477. The molecule has 1 aromatic heterocycles. The average Bonchev–Trinajstić information content (AvgIpc) is 2.37. The number of hydrogen-bond donors (Lipinski definition) is 1. The Morgan fingerprint density at radius 2 is 2.11 bits per heavy atom. The fourth-order valence-electron chi connectivity index (χ4n) is 1.41. The molecule has 92 valence electrons. The van der Waals surface area contributed by atoms with Gasteiger partial charge in [-0.15, -0.1) is 0 Å². The lowest BCUT2D eigenvalue weighted by atomic mass is 10.2. The van der Waals surface area contributed by atoms with Crippen molar-refractivity contribution >= 4 is 23.3 Å². The van der Waals surface area contributed by atoms with Crippen LogP contribution >= 0.6 is 11.6 Å². The molecule has 1 heterocycles. The van der Waals surface area contributed by atoms with Crippen LogP contribution in [0.3, 0.4) is 0 Å². The van der Waals surface area contributed by atoms with E-state index < -0.39 is 5.97 Å². The molecule has 0 fully saturated rings. The molecule has 0 spiro atoms. The summed E-state index contributed by atoms with van der Waals surface area (Å²) in [6.07, 6.45) is 2.87. The Morgan fingerprint density at radius 3 is 2.83 bits per heavy atom. The highest BCUT2D eigenvalue weighted by Crippen LogP contribution is 2.16. The van der Waals surface area contributed by atoms with E-state index in [1.807, 2.05) is 12.1 Å². The van der Waals surface area contributed by atoms with Crippen molar-refractivity contribution in [3.8, 4) is 0 Å². The van der Waals surface area contributed by atoms with Crippen LogP contribution in [-0.2, 0) is 11.3 Å². The van der Waals surface area contributed by atoms with Crippen LogP contribution in [0.5, 0.6) is 0 Å². The van der Waals surface area contributed by atoms with Gasteiger partial charge >= 0.3 is 5.97 Å². The van der Waals surface area contributed by atoms with Crippen molar-refractivity contribution in [3.63, 3.8) is 0 Å². The monoisotopic (exact) mass is 262 g/mol. The molecule has 0 unspecified atom stereocenters. The number of nitrogens with two attached hydrogens (primary N) is 1. The van der Waals surface area contributed by atoms with Gasteiger partial charge in [-0.2, -0.15) is 0 Å². The molecule has 0 atom stereocenters. The van der Waals surface area contributed by atoms with Gasteiger partial charge in [0.05, 0.1) is 11.3 Å². The van der Waals surface area contributed by atoms with Crippen LogP contribution < -0.4 is 5.73 Å². The summed E-state index contributed by atoms with van der Waals surface area (Å²) in [6.45, 7) is 0.118. The maximum Gasteiger partial charge on any atom is 0.340 e. The molecule has 2 N–H and O–H groups in total. The van der Waals surface area contributed by atoms with E-state index in [2.05, 4.69) is 4.98 Å². The third-order valence-electron chi connectivity index (χ3n) is 2.31. The van der Waals surface area contributed by atoms with Crippen molar-refractivity contribution in [1.82, 2.24) is 4.98 Å². The van der Waals surface area contributed by atoms with Crippen molar-refractivity contribution in [2.24, 2.45) is 0 Å². The van der Waals surface area contributed by atoms with Gasteiger partial charge in [-0.1, -0.05) is 29.8 Å². The molecule has 0 radical (unpaired) electrons. The summed E-state index contributed by atoms with van der Waals surface area (Å²) in [4.78, 5) is 15.5. The fraction of sp³-hybridized carbons (Fsp3) is 0.0769. The maximum absolute atomic E-state index is 11.7. The van der Waals surface area contributed by atoms with E-state index in [-0.39, 0.29) is 6.61 Å². The minimum atomic E-state index is -0.477. The van der Waals surface area contributed by atoms with Gasteiger partial charge in [0.1, 0.15) is 6.61 Å². The molecule has 5 heteroatoms. The molecule has 4 nitrogen and oxygen atoms in total. The van der Waals surface area contributed by atoms with Gasteiger partial charge in [0.15, 0.2) is 0 Å². The first-order chi connectivity index (χ1) is 8.66. The molecular formula is C13H11ClN2O2. The Bertz CT molecular complexity index is 572. The zero-order valence-corrected chi connectivity index (χ0v) is 10.2. The van der Waals surface area contributed by atoms with Crippen LogP contribution in [0, 0.1) is 0 Å². The first kappa shape index (κ1) is 12.4. The van der Waals surface area contributed by atoms with Gasteiger partial charge in [0, 0.05) is 23.0 Å². The standard InChI is InChI=1S/C13H11ClN2O2/c14-12-4-2-1-3-9(12)8-18-13(17)10-5-11(15)7-16-6-10/h1-7H,8,15H2. The van der Waals surface area contributed by atoms with Gasteiger partial charge in [-0.05, 0) is 12.1 Å². The van der Waals surface area contributed by atoms with Gasteiger partial charge in [-0.3, -0.25) is 4.98 Å². The lowest BCUT2D eigenvalue weighted by molar-refractivity contribution is 0.0472. The fourth-order valence-corrected chi connectivity index (χ4v) is 1.60. The second-order valence-corrected chi connectivity index (χ2v) is 4.08. The second-order valence-electron chi connectivity index (χ2n) is 3.67. The van der Waals surface area contributed by atoms with E-state index >= 15 is 0 Å². The molecule has 0 bridgehead atoms. The quantitative estimate of drug-likeness (QED) is 0.864. The van der Waals surface area contributed by atoms with E-state index in [4.69, 9.17) is 22.1 Å². The maximum atomic E-state index is 11.7. The number of nitrogens with zero attached hydrogens (tertiary/aromatic N) is 1. The molecule has 18 heavy (non-hydrogen) atoms. The molecule has 0 saturated carbocycles. The van der Waals surface area contributed by atoms with Crippen LogP contribution in [0.4, 0.5) is 5.69 Å². The Morgan fingerprint density at radius 1 is 1.33 bits per heavy atom. The van der Waals surface area contributed by atoms with Gasteiger partial charge in [0.2, 0.25) is 0 Å². The van der Waals surface area contributed by atoms with Gasteiger partial charge in [0.25, 0.3) is 0 Å². The normalized spacial score (nSPS) is 10.1. The van der Waals surface area contributed by atoms with Crippen LogP contribution in [0.2, 0.25) is 5.02 Å². The summed E-state index contributed by atoms with van der Waals surface area (Å²) in [7, 11) is 0. The molecule has 0 aliphatic carbocycles. The number of pyridine rings is 1. The third-order valence-corrected chi connectivity index (χ3v) is 2.68. The topological polar surface area (TPSA) is 65.2 Å². The highest BCUT2D eigenvalue weighted by atomic mass is 35.5. The van der Waals surface area contributed by atoms with Crippen molar-refractivity contribution in [3.05, 3.63) is 58.9 Å². The van der Waals surface area contributed by atoms with Crippen LogP contribution in [-0.4, -0.2) is 11.0 Å². The Kier molecular flexibility index (Phi) is 3.79. The molecule has 0 aliphatic heterocycles. The molecule has 0 amide bonds. The average molecular weight is 263 g/mol. The number of nitrogen functional groups attached to an aromatic ring is 1. The number of rotatable bonds is 3. The number of carbonyl (C=O) groups excluding carboxylic acids is 1. The predicted octanol–water partition coefficient (Wildman–Crippen LogP) is 2.67. The minimum Gasteiger partial charge on any atom is -0.457 e. The largest absolute Gasteiger partial charge is 0.457 e. The molecular weight excluding hydrogens is 252 g/mol. The highest BCUT2D eigenvalue weighted by Gasteiger charge is 2.09. The Balaban J connectivity index is 2.03. The smallest absolute Gasteiger partial charge is 0.340 e. The first-order valence-corrected chi connectivity index (χ1v) is 5.65. The summed E-state index contributed by atoms with van der Waals surface area (Å²) >= 11 is 5.96. The highest BCUT2D eigenvalue weighted by molar-refractivity contribution is 6.31. The van der Waals surface area contributed by atoms with E-state index in [0.717, 1.165) is 5.56 Å². The predicted molar refractivity (Wildman–Crippen MR) is 69.2 cm³/mol. The van der Waals surface area contributed by atoms with Gasteiger partial charge < -0.3 is 10.5 Å². The molecule has 2 rings (SSSR count). The van der Waals surface area contributed by atoms with Crippen LogP contribution in [0.15, 0.2) is 42.7 Å². The summed E-state index contributed by atoms with van der Waals surface area (Å²) in [6, 6.07) is 8.70. The number of esters is 1. The number of halogens is 1. The van der Waals surface area contributed by atoms with Gasteiger partial charge in [-0.25, -0.2) is 4.79 Å². The number of hydrogen-bond acceptors (Lipinski definition) is 4. The zero-order valence-electron chi connectivity index (χ0n) is 9.47.